The third-order valence-corrected chi connectivity index (χ3v) is 6.40. The predicted octanol–water partition coefficient (Wildman–Crippen LogP) is 2.80. The van der Waals surface area contributed by atoms with Gasteiger partial charge < -0.3 is 4.90 Å². The summed E-state index contributed by atoms with van der Waals surface area (Å²) in [6.07, 6.45) is 1.65. The van der Waals surface area contributed by atoms with E-state index in [2.05, 4.69) is 4.72 Å². The number of benzene rings is 1. The summed E-state index contributed by atoms with van der Waals surface area (Å²) in [5.74, 6) is -1.59. The molecule has 6 nitrogen and oxygen atoms in total. The van der Waals surface area contributed by atoms with Crippen molar-refractivity contribution in [3.63, 3.8) is 0 Å². The van der Waals surface area contributed by atoms with Gasteiger partial charge in [0.1, 0.15) is 11.5 Å². The Labute approximate surface area is 164 Å². The topological polar surface area (TPSA) is 90.3 Å². The number of hydrogen-bond acceptors (Lipinski definition) is 5. The first-order valence-corrected chi connectivity index (χ1v) is 10.6. The maximum absolute atomic E-state index is 14.1. The van der Waals surface area contributed by atoms with Gasteiger partial charge in [0.05, 0.1) is 27.4 Å². The number of nitriles is 1. The first-order valence-electron chi connectivity index (χ1n) is 7.75. The molecule has 1 aliphatic heterocycles. The highest BCUT2D eigenvalue weighted by atomic mass is 35.5. The lowest BCUT2D eigenvalue weighted by molar-refractivity contribution is -0.114. The van der Waals surface area contributed by atoms with Crippen LogP contribution in [0.25, 0.3) is 0 Å². The quantitative estimate of drug-likeness (QED) is 0.770. The molecule has 1 aromatic heterocycles. The molecule has 1 aromatic carbocycles. The number of aryl methyl sites for hydroxylation is 1. The lowest BCUT2D eigenvalue weighted by Crippen LogP contribution is -2.34. The van der Waals surface area contributed by atoms with Gasteiger partial charge in [-0.15, -0.1) is 11.3 Å². The van der Waals surface area contributed by atoms with Crippen LogP contribution < -0.4 is 9.62 Å². The molecule has 27 heavy (non-hydrogen) atoms. The fourth-order valence-corrected chi connectivity index (χ4v) is 4.84. The van der Waals surface area contributed by atoms with Crippen LogP contribution >= 0.6 is 22.9 Å². The minimum atomic E-state index is -3.75. The number of thiophene rings is 1. The molecule has 1 amide bonds. The molecule has 0 atom stereocenters. The third kappa shape index (κ3) is 4.47. The van der Waals surface area contributed by atoms with Gasteiger partial charge in [-0.2, -0.15) is 5.26 Å². The first kappa shape index (κ1) is 19.4. The van der Waals surface area contributed by atoms with Crippen LogP contribution in [-0.2, 0) is 21.2 Å². The number of carbonyl (C=O) groups excluding carboxylic acids is 1. The van der Waals surface area contributed by atoms with Crippen molar-refractivity contribution in [1.29, 1.82) is 5.26 Å². The smallest absolute Gasteiger partial charge is 0.275 e. The summed E-state index contributed by atoms with van der Waals surface area (Å²) in [5.41, 5.74) is -0.00823. The van der Waals surface area contributed by atoms with E-state index in [4.69, 9.17) is 16.9 Å². The zero-order valence-electron chi connectivity index (χ0n) is 13.8. The molecule has 2 aromatic rings. The highest BCUT2D eigenvalue weighted by Crippen LogP contribution is 2.25. The molecule has 0 fully saturated rings. The average Bonchev–Trinajstić information content (AvgIpc) is 3.19. The van der Waals surface area contributed by atoms with E-state index in [1.807, 2.05) is 6.07 Å². The highest BCUT2D eigenvalue weighted by molar-refractivity contribution is 7.89. The van der Waals surface area contributed by atoms with Crippen molar-refractivity contribution < 1.29 is 17.6 Å². The molecule has 0 spiro atoms. The molecule has 0 bridgehead atoms. The Morgan fingerprint density at radius 3 is 2.74 bits per heavy atom. The van der Waals surface area contributed by atoms with Crippen LogP contribution in [0.15, 0.2) is 42.1 Å². The van der Waals surface area contributed by atoms with Crippen LogP contribution in [0.1, 0.15) is 10.4 Å². The number of amides is 1. The second-order valence-electron chi connectivity index (χ2n) is 5.69. The van der Waals surface area contributed by atoms with Crippen molar-refractivity contribution in [3.05, 3.63) is 62.7 Å². The monoisotopic (exact) mass is 425 g/mol. The molecule has 0 saturated carbocycles. The second-order valence-corrected chi connectivity index (χ2v) is 9.33. The second kappa shape index (κ2) is 7.68. The van der Waals surface area contributed by atoms with Crippen molar-refractivity contribution in [3.8, 4) is 6.07 Å². The van der Waals surface area contributed by atoms with Gasteiger partial charge in [0, 0.05) is 11.4 Å². The molecule has 0 radical (unpaired) electrons. The summed E-state index contributed by atoms with van der Waals surface area (Å²) in [6.45, 7) is 0.0278. The Bertz CT molecular complexity index is 1070. The van der Waals surface area contributed by atoms with Crippen molar-refractivity contribution in [2.75, 3.05) is 17.2 Å². The Hall–Kier alpha value is -2.41. The molecular weight excluding hydrogens is 413 g/mol. The number of sulfonamides is 1. The van der Waals surface area contributed by atoms with Gasteiger partial charge >= 0.3 is 0 Å². The van der Waals surface area contributed by atoms with Gasteiger partial charge in [-0.1, -0.05) is 11.6 Å². The average molecular weight is 426 g/mol. The number of anilines is 1. The zero-order chi connectivity index (χ0) is 19.6. The molecule has 1 aliphatic rings. The van der Waals surface area contributed by atoms with Crippen LogP contribution in [0.3, 0.4) is 0 Å². The van der Waals surface area contributed by atoms with E-state index in [1.54, 1.807) is 12.1 Å². The maximum Gasteiger partial charge on any atom is 0.275 e. The number of nitrogens with one attached hydrogen (secondary N) is 1. The Balaban J connectivity index is 1.66. The molecule has 2 heterocycles. The summed E-state index contributed by atoms with van der Waals surface area (Å²) < 4.78 is 41.4. The minimum Gasteiger partial charge on any atom is -0.300 e. The van der Waals surface area contributed by atoms with Crippen LogP contribution in [0.2, 0.25) is 4.34 Å². The van der Waals surface area contributed by atoms with Crippen LogP contribution in [0.4, 0.5) is 10.1 Å². The molecular formula is C17H13ClFN3O3S2. The number of hydrogen-bond donors (Lipinski definition) is 1. The largest absolute Gasteiger partial charge is 0.300 e. The summed E-state index contributed by atoms with van der Waals surface area (Å²) in [7, 11) is -3.75. The fourth-order valence-electron chi connectivity index (χ4n) is 2.53. The summed E-state index contributed by atoms with van der Waals surface area (Å²) in [5, 5.41) is 8.78. The SMILES string of the molecule is N#Cc1ccc(N2CC=C(NS(=O)(=O)CCc3ccc(Cl)s3)C2=O)c(F)c1. The van der Waals surface area contributed by atoms with E-state index in [-0.39, 0.29) is 35.7 Å². The van der Waals surface area contributed by atoms with Crippen molar-refractivity contribution in [2.45, 2.75) is 6.42 Å². The summed E-state index contributed by atoms with van der Waals surface area (Å²) >= 11 is 7.11. The van der Waals surface area contributed by atoms with Crippen LogP contribution in [0.5, 0.6) is 0 Å². The summed E-state index contributed by atoms with van der Waals surface area (Å²) in [4.78, 5) is 14.4. The van der Waals surface area contributed by atoms with Gasteiger partial charge in [-0.3, -0.25) is 9.52 Å². The van der Waals surface area contributed by atoms with Gasteiger partial charge in [-0.25, -0.2) is 12.8 Å². The third-order valence-electron chi connectivity index (χ3n) is 3.83. The van der Waals surface area contributed by atoms with Crippen molar-refractivity contribution in [2.24, 2.45) is 0 Å². The Kier molecular flexibility index (Phi) is 5.51. The molecule has 140 valence electrons. The van der Waals surface area contributed by atoms with Crippen LogP contribution in [0, 0.1) is 17.1 Å². The van der Waals surface area contributed by atoms with E-state index in [9.17, 15) is 17.6 Å². The molecule has 10 heteroatoms. The summed E-state index contributed by atoms with van der Waals surface area (Å²) in [6, 6.07) is 8.98. The van der Waals surface area contributed by atoms with Crippen molar-refractivity contribution in [1.82, 2.24) is 4.72 Å². The number of rotatable bonds is 6. The highest BCUT2D eigenvalue weighted by Gasteiger charge is 2.29. The van der Waals surface area contributed by atoms with E-state index in [0.29, 0.717) is 4.34 Å². The van der Waals surface area contributed by atoms with Gasteiger partial charge in [0.2, 0.25) is 10.0 Å². The van der Waals surface area contributed by atoms with E-state index >= 15 is 0 Å². The fraction of sp³-hybridized carbons (Fsp3) is 0.176. The van der Waals surface area contributed by atoms with E-state index < -0.39 is 21.7 Å². The predicted molar refractivity (Wildman–Crippen MR) is 102 cm³/mol. The molecule has 0 aliphatic carbocycles. The van der Waals surface area contributed by atoms with E-state index in [1.165, 1.54) is 29.5 Å². The van der Waals surface area contributed by atoms with Gasteiger partial charge in [-0.05, 0) is 42.8 Å². The zero-order valence-corrected chi connectivity index (χ0v) is 16.2. The first-order chi connectivity index (χ1) is 12.8. The lowest BCUT2D eigenvalue weighted by atomic mass is 10.2. The minimum absolute atomic E-state index is 0.0160. The lowest BCUT2D eigenvalue weighted by Gasteiger charge is -2.17. The van der Waals surface area contributed by atoms with Gasteiger partial charge in [0.15, 0.2) is 0 Å². The number of carbonyl (C=O) groups is 1. The molecule has 0 unspecified atom stereocenters. The van der Waals surface area contributed by atoms with E-state index in [0.717, 1.165) is 15.8 Å². The van der Waals surface area contributed by atoms with Crippen molar-refractivity contribution >= 4 is 44.6 Å². The Morgan fingerprint density at radius 2 is 2.11 bits per heavy atom. The normalized spacial score (nSPS) is 14.2. The molecule has 3 rings (SSSR count). The standard InChI is InChI=1S/C17H13ClFN3O3S2/c18-16-4-2-12(26-16)6-8-27(24,25)21-14-5-7-22(17(14)23)15-3-1-11(10-20)9-13(15)19/h1-5,9,21H,6-8H2. The van der Waals surface area contributed by atoms with Crippen LogP contribution in [-0.4, -0.2) is 26.6 Å². The molecule has 1 N–H and O–H groups in total. The number of nitrogens with zero attached hydrogens (tertiary/aromatic N) is 2. The molecule has 0 saturated heterocycles. The number of halogens is 2. The van der Waals surface area contributed by atoms with Gasteiger partial charge in [0.25, 0.3) is 5.91 Å². The Morgan fingerprint density at radius 1 is 1.33 bits per heavy atom. The maximum atomic E-state index is 14.1.